The van der Waals surface area contributed by atoms with E-state index in [1.807, 2.05) is 12.1 Å². The fraction of sp³-hybridized carbons (Fsp3) is 0.400. The summed E-state index contributed by atoms with van der Waals surface area (Å²) >= 11 is 12.4. The lowest BCUT2D eigenvalue weighted by atomic mass is 9.57. The number of hydrogen-bond acceptors (Lipinski definition) is 3. The van der Waals surface area contributed by atoms with Crippen LogP contribution < -0.4 is 0 Å². The molecule has 2 N–H and O–H groups in total. The van der Waals surface area contributed by atoms with Gasteiger partial charge in [-0.05, 0) is 67.3 Å². The number of rotatable bonds is 2. The molecule has 1 heterocycles. The number of phenols is 2. The standard InChI is InChI=1S/C20H21Cl2NO2/c1-23-8-5-12-9-17(24)18(25)11-14(12)19(23)20(6-2-7-20)13-3-4-15(21)16(22)10-13/h3-4,9-11,19,24-25H,2,5-8H2,1H3. The maximum absolute atomic E-state index is 10.1. The third kappa shape index (κ3) is 2.61. The highest BCUT2D eigenvalue weighted by Crippen LogP contribution is 2.56. The summed E-state index contributed by atoms with van der Waals surface area (Å²) in [6.07, 6.45) is 4.18. The van der Waals surface area contributed by atoms with Gasteiger partial charge in [-0.3, -0.25) is 4.90 Å². The highest BCUT2D eigenvalue weighted by molar-refractivity contribution is 6.42. The number of phenolic OH excluding ortho intramolecular Hbond substituents is 2. The molecule has 3 nitrogen and oxygen atoms in total. The summed E-state index contributed by atoms with van der Waals surface area (Å²) in [5, 5.41) is 21.1. The smallest absolute Gasteiger partial charge is 0.157 e. The zero-order chi connectivity index (χ0) is 17.8. The SMILES string of the molecule is CN1CCc2cc(O)c(O)cc2C1C1(c2ccc(Cl)c(Cl)c2)CCC1. The lowest BCUT2D eigenvalue weighted by molar-refractivity contribution is 0.0715. The summed E-state index contributed by atoms with van der Waals surface area (Å²) in [4.78, 5) is 2.36. The van der Waals surface area contributed by atoms with Crippen molar-refractivity contribution in [2.45, 2.75) is 37.1 Å². The van der Waals surface area contributed by atoms with Crippen LogP contribution in [0.1, 0.15) is 42.0 Å². The van der Waals surface area contributed by atoms with Crippen molar-refractivity contribution in [1.29, 1.82) is 0 Å². The Kier molecular flexibility index (Phi) is 4.14. The Bertz CT molecular complexity index is 833. The molecule has 1 aliphatic heterocycles. The van der Waals surface area contributed by atoms with Gasteiger partial charge in [0.1, 0.15) is 0 Å². The Labute approximate surface area is 157 Å². The molecule has 0 spiro atoms. The molecule has 1 aliphatic carbocycles. The number of halogens is 2. The summed E-state index contributed by atoms with van der Waals surface area (Å²) in [7, 11) is 2.13. The van der Waals surface area contributed by atoms with Gasteiger partial charge < -0.3 is 10.2 Å². The molecule has 1 atom stereocenters. The fourth-order valence-electron chi connectivity index (χ4n) is 4.57. The normalized spacial score (nSPS) is 22.3. The molecule has 0 saturated heterocycles. The van der Waals surface area contributed by atoms with E-state index in [1.54, 1.807) is 12.1 Å². The van der Waals surface area contributed by atoms with Crippen molar-refractivity contribution in [2.75, 3.05) is 13.6 Å². The minimum Gasteiger partial charge on any atom is -0.504 e. The van der Waals surface area contributed by atoms with Gasteiger partial charge >= 0.3 is 0 Å². The van der Waals surface area contributed by atoms with E-state index in [0.29, 0.717) is 10.0 Å². The summed E-state index contributed by atoms with van der Waals surface area (Å²) in [6, 6.07) is 9.54. The van der Waals surface area contributed by atoms with Crippen LogP contribution in [0, 0.1) is 0 Å². The van der Waals surface area contributed by atoms with Gasteiger partial charge in [0.15, 0.2) is 11.5 Å². The summed E-state index contributed by atoms with van der Waals surface area (Å²) in [6.45, 7) is 0.922. The van der Waals surface area contributed by atoms with Gasteiger partial charge in [-0.2, -0.15) is 0 Å². The Morgan fingerprint density at radius 3 is 2.40 bits per heavy atom. The first kappa shape index (κ1) is 17.0. The van der Waals surface area contributed by atoms with Gasteiger partial charge in [-0.1, -0.05) is 35.7 Å². The number of fused-ring (bicyclic) bond motifs is 1. The summed E-state index contributed by atoms with van der Waals surface area (Å²) < 4.78 is 0. The van der Waals surface area contributed by atoms with E-state index in [9.17, 15) is 10.2 Å². The van der Waals surface area contributed by atoms with E-state index in [1.165, 1.54) is 12.0 Å². The van der Waals surface area contributed by atoms with Crippen molar-refractivity contribution in [1.82, 2.24) is 4.90 Å². The number of aromatic hydroxyl groups is 2. The van der Waals surface area contributed by atoms with Crippen LogP contribution >= 0.6 is 23.2 Å². The van der Waals surface area contributed by atoms with Crippen LogP contribution in [0.25, 0.3) is 0 Å². The highest BCUT2D eigenvalue weighted by atomic mass is 35.5. The second-order valence-electron chi connectivity index (χ2n) is 7.31. The van der Waals surface area contributed by atoms with Crippen molar-refractivity contribution in [2.24, 2.45) is 0 Å². The van der Waals surface area contributed by atoms with Crippen LogP contribution in [0.15, 0.2) is 30.3 Å². The molecule has 5 heteroatoms. The van der Waals surface area contributed by atoms with Gasteiger partial charge in [-0.25, -0.2) is 0 Å². The zero-order valence-corrected chi connectivity index (χ0v) is 15.6. The largest absolute Gasteiger partial charge is 0.504 e. The van der Waals surface area contributed by atoms with Crippen molar-refractivity contribution in [3.05, 3.63) is 57.1 Å². The molecule has 0 radical (unpaired) electrons. The Morgan fingerprint density at radius 1 is 1.04 bits per heavy atom. The summed E-state index contributed by atoms with van der Waals surface area (Å²) in [5.41, 5.74) is 3.38. The molecule has 2 aromatic carbocycles. The van der Waals surface area contributed by atoms with E-state index < -0.39 is 0 Å². The van der Waals surface area contributed by atoms with E-state index in [2.05, 4.69) is 18.0 Å². The minimum absolute atomic E-state index is 0.0401. The highest BCUT2D eigenvalue weighted by Gasteiger charge is 2.49. The molecule has 4 rings (SSSR count). The minimum atomic E-state index is -0.0531. The number of benzene rings is 2. The second kappa shape index (κ2) is 6.08. The lowest BCUT2D eigenvalue weighted by Crippen LogP contribution is -2.49. The topological polar surface area (TPSA) is 43.7 Å². The average molecular weight is 378 g/mol. The predicted octanol–water partition coefficient (Wildman–Crippen LogP) is 5.06. The monoisotopic (exact) mass is 377 g/mol. The number of nitrogens with zero attached hydrogens (tertiary/aromatic N) is 1. The maximum atomic E-state index is 10.1. The first-order valence-electron chi connectivity index (χ1n) is 8.63. The third-order valence-corrected chi connectivity index (χ3v) is 6.71. The average Bonchev–Trinajstić information content (AvgIpc) is 2.53. The first-order valence-corrected chi connectivity index (χ1v) is 9.38. The summed E-state index contributed by atoms with van der Waals surface area (Å²) in [5.74, 6) is -0.0955. The molecule has 1 unspecified atom stereocenters. The fourth-order valence-corrected chi connectivity index (χ4v) is 4.87. The van der Waals surface area contributed by atoms with Crippen molar-refractivity contribution in [3.8, 4) is 11.5 Å². The van der Waals surface area contributed by atoms with Gasteiger partial charge in [0.25, 0.3) is 0 Å². The molecule has 1 saturated carbocycles. The van der Waals surface area contributed by atoms with Gasteiger partial charge in [0.05, 0.1) is 10.0 Å². The molecule has 1 fully saturated rings. The van der Waals surface area contributed by atoms with E-state index in [0.717, 1.165) is 36.9 Å². The quantitative estimate of drug-likeness (QED) is 0.719. The van der Waals surface area contributed by atoms with Crippen molar-refractivity contribution in [3.63, 3.8) is 0 Å². The van der Waals surface area contributed by atoms with Crippen LogP contribution in [0.2, 0.25) is 10.0 Å². The van der Waals surface area contributed by atoms with Crippen LogP contribution in [-0.2, 0) is 11.8 Å². The Hall–Kier alpha value is -1.42. The van der Waals surface area contributed by atoms with Gasteiger partial charge in [-0.15, -0.1) is 0 Å². The van der Waals surface area contributed by atoms with E-state index in [-0.39, 0.29) is 23.0 Å². The zero-order valence-electron chi connectivity index (χ0n) is 14.1. The molecule has 0 amide bonds. The van der Waals surface area contributed by atoms with Crippen LogP contribution in [0.4, 0.5) is 0 Å². The van der Waals surface area contributed by atoms with Crippen LogP contribution in [0.3, 0.4) is 0 Å². The van der Waals surface area contributed by atoms with E-state index in [4.69, 9.17) is 23.2 Å². The molecule has 25 heavy (non-hydrogen) atoms. The Morgan fingerprint density at radius 2 is 1.76 bits per heavy atom. The number of hydrogen-bond donors (Lipinski definition) is 2. The molecule has 2 aliphatic rings. The predicted molar refractivity (Wildman–Crippen MR) is 101 cm³/mol. The van der Waals surface area contributed by atoms with Crippen molar-refractivity contribution < 1.29 is 10.2 Å². The molecular formula is C20H21Cl2NO2. The van der Waals surface area contributed by atoms with E-state index >= 15 is 0 Å². The molecule has 0 bridgehead atoms. The lowest BCUT2D eigenvalue weighted by Gasteiger charge is -2.53. The van der Waals surface area contributed by atoms with Crippen LogP contribution in [0.5, 0.6) is 11.5 Å². The third-order valence-electron chi connectivity index (χ3n) is 5.97. The maximum Gasteiger partial charge on any atom is 0.157 e. The molecule has 0 aromatic heterocycles. The Balaban J connectivity index is 1.87. The molecule has 132 valence electrons. The molecular weight excluding hydrogens is 357 g/mol. The van der Waals surface area contributed by atoms with Gasteiger partial charge in [0.2, 0.25) is 0 Å². The van der Waals surface area contributed by atoms with Crippen molar-refractivity contribution >= 4 is 23.2 Å². The van der Waals surface area contributed by atoms with Gasteiger partial charge in [0, 0.05) is 18.0 Å². The first-order chi connectivity index (χ1) is 11.9. The molecule has 2 aromatic rings. The number of likely N-dealkylation sites (N-methyl/N-ethyl adjacent to an activating group) is 1. The second-order valence-corrected chi connectivity index (χ2v) is 8.13. The van der Waals surface area contributed by atoms with Crippen LogP contribution in [-0.4, -0.2) is 28.7 Å².